The lowest BCUT2D eigenvalue weighted by molar-refractivity contribution is -0.141. The van der Waals surface area contributed by atoms with Gasteiger partial charge in [0, 0.05) is 19.6 Å². The Balaban J connectivity index is 1.96. The van der Waals surface area contributed by atoms with Crippen LogP contribution >= 0.6 is 0 Å². The Morgan fingerprint density at radius 3 is 2.68 bits per heavy atom. The summed E-state index contributed by atoms with van der Waals surface area (Å²) in [5.41, 5.74) is 0. The SMILES string of the molecule is CNCC1CCCN(C(=O)N2CCC[C@@H]2C(=O)O)C1. The Morgan fingerprint density at radius 2 is 2.00 bits per heavy atom. The number of carboxylic acids is 1. The predicted molar refractivity (Wildman–Crippen MR) is 71.0 cm³/mol. The van der Waals surface area contributed by atoms with E-state index in [0.717, 1.165) is 38.9 Å². The van der Waals surface area contributed by atoms with Crippen LogP contribution in [0, 0.1) is 5.92 Å². The second kappa shape index (κ2) is 6.23. The number of rotatable bonds is 3. The summed E-state index contributed by atoms with van der Waals surface area (Å²) >= 11 is 0. The van der Waals surface area contributed by atoms with Crippen molar-refractivity contribution in [3.63, 3.8) is 0 Å². The molecule has 2 atom stereocenters. The fraction of sp³-hybridized carbons (Fsp3) is 0.846. The zero-order valence-electron chi connectivity index (χ0n) is 11.5. The second-order valence-electron chi connectivity index (χ2n) is 5.48. The molecule has 2 amide bonds. The van der Waals surface area contributed by atoms with Crippen LogP contribution in [0.2, 0.25) is 0 Å². The summed E-state index contributed by atoms with van der Waals surface area (Å²) in [4.78, 5) is 26.9. The van der Waals surface area contributed by atoms with Crippen molar-refractivity contribution in [3.05, 3.63) is 0 Å². The third-order valence-electron chi connectivity index (χ3n) is 4.07. The summed E-state index contributed by atoms with van der Waals surface area (Å²) in [5.74, 6) is -0.400. The van der Waals surface area contributed by atoms with E-state index in [9.17, 15) is 9.59 Å². The summed E-state index contributed by atoms with van der Waals surface area (Å²) in [5, 5.41) is 12.3. The summed E-state index contributed by atoms with van der Waals surface area (Å²) in [6.07, 6.45) is 3.50. The lowest BCUT2D eigenvalue weighted by Crippen LogP contribution is -2.51. The van der Waals surface area contributed by atoms with Crippen molar-refractivity contribution in [3.8, 4) is 0 Å². The molecule has 0 aromatic heterocycles. The van der Waals surface area contributed by atoms with Gasteiger partial charge in [-0.2, -0.15) is 0 Å². The molecular formula is C13H23N3O3. The number of carboxylic acid groups (broad SMARTS) is 1. The van der Waals surface area contributed by atoms with Crippen LogP contribution < -0.4 is 5.32 Å². The fourth-order valence-corrected chi connectivity index (χ4v) is 3.13. The minimum Gasteiger partial charge on any atom is -0.480 e. The first-order chi connectivity index (χ1) is 9.13. The van der Waals surface area contributed by atoms with E-state index in [4.69, 9.17) is 5.11 Å². The number of aliphatic carboxylic acids is 1. The van der Waals surface area contributed by atoms with Gasteiger partial charge in [-0.1, -0.05) is 0 Å². The topological polar surface area (TPSA) is 72.9 Å². The van der Waals surface area contributed by atoms with Crippen LogP contribution in [0.5, 0.6) is 0 Å². The number of nitrogens with one attached hydrogen (secondary N) is 1. The fourth-order valence-electron chi connectivity index (χ4n) is 3.13. The van der Waals surface area contributed by atoms with Gasteiger partial charge in [-0.25, -0.2) is 9.59 Å². The summed E-state index contributed by atoms with van der Waals surface area (Å²) < 4.78 is 0. The van der Waals surface area contributed by atoms with Crippen molar-refractivity contribution >= 4 is 12.0 Å². The molecule has 0 radical (unpaired) electrons. The number of carbonyl (C=O) groups is 2. The molecule has 1 unspecified atom stereocenters. The Bertz CT molecular complexity index is 346. The van der Waals surface area contributed by atoms with E-state index in [1.165, 1.54) is 4.90 Å². The van der Waals surface area contributed by atoms with Crippen LogP contribution in [-0.4, -0.2) is 66.2 Å². The first-order valence-corrected chi connectivity index (χ1v) is 7.06. The van der Waals surface area contributed by atoms with Gasteiger partial charge in [0.15, 0.2) is 0 Å². The molecule has 2 rings (SSSR count). The number of hydrogen-bond donors (Lipinski definition) is 2. The van der Waals surface area contributed by atoms with Crippen molar-refractivity contribution < 1.29 is 14.7 Å². The third-order valence-corrected chi connectivity index (χ3v) is 4.07. The summed E-state index contributed by atoms with van der Waals surface area (Å²) in [6.45, 7) is 2.97. The zero-order valence-corrected chi connectivity index (χ0v) is 11.5. The second-order valence-corrected chi connectivity index (χ2v) is 5.48. The monoisotopic (exact) mass is 269 g/mol. The van der Waals surface area contributed by atoms with Gasteiger partial charge in [0.2, 0.25) is 0 Å². The lowest BCUT2D eigenvalue weighted by atomic mass is 9.98. The van der Waals surface area contributed by atoms with Crippen LogP contribution in [-0.2, 0) is 4.79 Å². The van der Waals surface area contributed by atoms with Crippen molar-refractivity contribution in [2.75, 3.05) is 33.2 Å². The van der Waals surface area contributed by atoms with Gasteiger partial charge < -0.3 is 20.2 Å². The largest absolute Gasteiger partial charge is 0.480 e. The van der Waals surface area contributed by atoms with Gasteiger partial charge in [-0.05, 0) is 45.2 Å². The molecule has 2 heterocycles. The molecule has 6 nitrogen and oxygen atoms in total. The highest BCUT2D eigenvalue weighted by Crippen LogP contribution is 2.22. The lowest BCUT2D eigenvalue weighted by Gasteiger charge is -2.36. The van der Waals surface area contributed by atoms with E-state index >= 15 is 0 Å². The Labute approximate surface area is 113 Å². The molecule has 19 heavy (non-hydrogen) atoms. The van der Waals surface area contributed by atoms with Gasteiger partial charge in [-0.3, -0.25) is 0 Å². The van der Waals surface area contributed by atoms with Crippen molar-refractivity contribution in [2.24, 2.45) is 5.92 Å². The minimum atomic E-state index is -0.880. The van der Waals surface area contributed by atoms with Crippen molar-refractivity contribution in [2.45, 2.75) is 31.7 Å². The molecule has 2 aliphatic rings. The molecule has 108 valence electrons. The number of piperidine rings is 1. The quantitative estimate of drug-likeness (QED) is 0.786. The van der Waals surface area contributed by atoms with Gasteiger partial charge >= 0.3 is 12.0 Å². The van der Waals surface area contributed by atoms with E-state index in [-0.39, 0.29) is 6.03 Å². The first-order valence-electron chi connectivity index (χ1n) is 7.06. The van der Waals surface area contributed by atoms with E-state index < -0.39 is 12.0 Å². The molecule has 0 aromatic rings. The molecule has 0 saturated carbocycles. The van der Waals surface area contributed by atoms with E-state index in [1.54, 1.807) is 0 Å². The highest BCUT2D eigenvalue weighted by Gasteiger charge is 2.37. The number of likely N-dealkylation sites (tertiary alicyclic amines) is 2. The zero-order chi connectivity index (χ0) is 13.8. The molecule has 2 saturated heterocycles. The van der Waals surface area contributed by atoms with Crippen molar-refractivity contribution in [1.82, 2.24) is 15.1 Å². The molecular weight excluding hydrogens is 246 g/mol. The minimum absolute atomic E-state index is 0.0919. The van der Waals surface area contributed by atoms with Gasteiger partial charge in [0.1, 0.15) is 6.04 Å². The van der Waals surface area contributed by atoms with Crippen LogP contribution in [0.15, 0.2) is 0 Å². The van der Waals surface area contributed by atoms with Crippen LogP contribution in [0.1, 0.15) is 25.7 Å². The molecule has 6 heteroatoms. The standard InChI is InChI=1S/C13H23N3O3/c1-14-8-10-4-2-6-15(9-10)13(19)16-7-3-5-11(16)12(17)18/h10-11,14H,2-9H2,1H3,(H,17,18)/t10?,11-/m1/s1. The average molecular weight is 269 g/mol. The average Bonchev–Trinajstić information content (AvgIpc) is 2.88. The Morgan fingerprint density at radius 1 is 1.26 bits per heavy atom. The Kier molecular flexibility index (Phi) is 4.63. The molecule has 2 N–H and O–H groups in total. The van der Waals surface area contributed by atoms with Gasteiger partial charge in [0.25, 0.3) is 0 Å². The normalized spacial score (nSPS) is 27.6. The van der Waals surface area contributed by atoms with Crippen LogP contribution in [0.4, 0.5) is 4.79 Å². The maximum absolute atomic E-state index is 12.4. The molecule has 0 bridgehead atoms. The Hall–Kier alpha value is -1.30. The summed E-state index contributed by atoms with van der Waals surface area (Å²) in [7, 11) is 1.92. The number of urea groups is 1. The molecule has 2 fully saturated rings. The smallest absolute Gasteiger partial charge is 0.326 e. The highest BCUT2D eigenvalue weighted by atomic mass is 16.4. The molecule has 0 aromatic carbocycles. The highest BCUT2D eigenvalue weighted by molar-refractivity contribution is 5.83. The number of carbonyl (C=O) groups excluding carboxylic acids is 1. The van der Waals surface area contributed by atoms with Gasteiger partial charge in [-0.15, -0.1) is 0 Å². The van der Waals surface area contributed by atoms with E-state index in [0.29, 0.717) is 18.9 Å². The number of nitrogens with zero attached hydrogens (tertiary/aromatic N) is 2. The first kappa shape index (κ1) is 14.1. The number of hydrogen-bond acceptors (Lipinski definition) is 3. The van der Waals surface area contributed by atoms with Gasteiger partial charge in [0.05, 0.1) is 0 Å². The van der Waals surface area contributed by atoms with E-state index in [2.05, 4.69) is 5.32 Å². The maximum Gasteiger partial charge on any atom is 0.326 e. The number of amides is 2. The molecule has 0 spiro atoms. The predicted octanol–water partition coefficient (Wildman–Crippen LogP) is 0.587. The maximum atomic E-state index is 12.4. The van der Waals surface area contributed by atoms with E-state index in [1.807, 2.05) is 11.9 Å². The summed E-state index contributed by atoms with van der Waals surface area (Å²) in [6, 6.07) is -0.720. The van der Waals surface area contributed by atoms with Crippen LogP contribution in [0.3, 0.4) is 0 Å². The van der Waals surface area contributed by atoms with Crippen LogP contribution in [0.25, 0.3) is 0 Å². The molecule has 0 aliphatic carbocycles. The van der Waals surface area contributed by atoms with Crippen molar-refractivity contribution in [1.29, 1.82) is 0 Å². The third kappa shape index (κ3) is 3.18. The molecule has 2 aliphatic heterocycles.